The first-order valence-corrected chi connectivity index (χ1v) is 10.3. The van der Waals surface area contributed by atoms with Gasteiger partial charge >= 0.3 is 11.9 Å². The van der Waals surface area contributed by atoms with Crippen LogP contribution in [0.5, 0.6) is 5.75 Å². The van der Waals surface area contributed by atoms with Crippen molar-refractivity contribution < 1.29 is 28.9 Å². The largest absolute Gasteiger partial charge is 0.497 e. The fourth-order valence-corrected chi connectivity index (χ4v) is 2.88. The van der Waals surface area contributed by atoms with Gasteiger partial charge in [-0.15, -0.1) is 0 Å². The number of benzene rings is 2. The van der Waals surface area contributed by atoms with Gasteiger partial charge in [-0.25, -0.2) is 9.59 Å². The molecule has 6 heteroatoms. The van der Waals surface area contributed by atoms with Gasteiger partial charge in [-0.2, -0.15) is 0 Å². The Bertz CT molecular complexity index is 700. The molecule has 2 aromatic rings. The highest BCUT2D eigenvalue weighted by molar-refractivity contribution is 5.89. The van der Waals surface area contributed by atoms with E-state index in [1.807, 2.05) is 0 Å². The zero-order valence-electron chi connectivity index (χ0n) is 17.5. The van der Waals surface area contributed by atoms with Crippen molar-refractivity contribution in [2.24, 2.45) is 0 Å². The Hall–Kier alpha value is -2.86. The molecular formula is C24H30O6. The SMILES string of the molecule is COc1ccc(C(=O)OCCCCCCCCOC(=O)c2ccc(CO)cc2)cc1. The second-order valence-corrected chi connectivity index (χ2v) is 6.98. The van der Waals surface area contributed by atoms with E-state index in [9.17, 15) is 9.59 Å². The van der Waals surface area contributed by atoms with Crippen molar-refractivity contribution in [3.8, 4) is 5.75 Å². The summed E-state index contributed by atoms with van der Waals surface area (Å²) in [5, 5.41) is 9.00. The Kier molecular flexibility index (Phi) is 10.4. The molecule has 0 aliphatic rings. The molecule has 6 nitrogen and oxygen atoms in total. The van der Waals surface area contributed by atoms with Gasteiger partial charge in [-0.1, -0.05) is 37.8 Å². The molecule has 0 aromatic heterocycles. The molecule has 0 spiro atoms. The van der Waals surface area contributed by atoms with Gasteiger partial charge in [-0.3, -0.25) is 0 Å². The lowest BCUT2D eigenvalue weighted by Crippen LogP contribution is -2.07. The van der Waals surface area contributed by atoms with Crippen LogP contribution in [-0.2, 0) is 16.1 Å². The number of esters is 2. The molecule has 0 atom stereocenters. The number of hydrogen-bond donors (Lipinski definition) is 1. The average Bonchev–Trinajstić information content (AvgIpc) is 2.80. The smallest absolute Gasteiger partial charge is 0.338 e. The fourth-order valence-electron chi connectivity index (χ4n) is 2.88. The molecule has 2 aromatic carbocycles. The molecular weight excluding hydrogens is 384 g/mol. The number of methoxy groups -OCH3 is 1. The number of carbonyl (C=O) groups is 2. The van der Waals surface area contributed by atoms with Crippen LogP contribution in [0.25, 0.3) is 0 Å². The first-order chi connectivity index (χ1) is 14.6. The highest BCUT2D eigenvalue weighted by Crippen LogP contribution is 2.13. The molecule has 0 saturated heterocycles. The van der Waals surface area contributed by atoms with Crippen molar-refractivity contribution in [2.45, 2.75) is 45.1 Å². The summed E-state index contributed by atoms with van der Waals surface area (Å²) in [6, 6.07) is 13.6. The molecule has 0 amide bonds. The molecule has 0 fully saturated rings. The third kappa shape index (κ3) is 8.25. The van der Waals surface area contributed by atoms with Crippen LogP contribution in [0.3, 0.4) is 0 Å². The summed E-state index contributed by atoms with van der Waals surface area (Å²) in [7, 11) is 1.58. The van der Waals surface area contributed by atoms with Crippen LogP contribution < -0.4 is 4.74 Å². The highest BCUT2D eigenvalue weighted by atomic mass is 16.5. The predicted molar refractivity (Wildman–Crippen MR) is 114 cm³/mol. The van der Waals surface area contributed by atoms with Gasteiger partial charge in [0.2, 0.25) is 0 Å². The van der Waals surface area contributed by atoms with E-state index in [0.29, 0.717) is 30.1 Å². The van der Waals surface area contributed by atoms with Crippen LogP contribution in [0, 0.1) is 0 Å². The summed E-state index contributed by atoms with van der Waals surface area (Å²) in [6.07, 6.45) is 5.74. The number of aliphatic hydroxyl groups excluding tert-OH is 1. The van der Waals surface area contributed by atoms with Gasteiger partial charge in [0.05, 0.1) is 38.1 Å². The fraction of sp³-hybridized carbons (Fsp3) is 0.417. The second-order valence-electron chi connectivity index (χ2n) is 6.98. The Morgan fingerprint density at radius 3 is 1.57 bits per heavy atom. The van der Waals surface area contributed by atoms with Crippen LogP contribution in [0.4, 0.5) is 0 Å². The maximum Gasteiger partial charge on any atom is 0.338 e. The number of aliphatic hydroxyl groups is 1. The van der Waals surface area contributed by atoms with Crippen molar-refractivity contribution in [1.82, 2.24) is 0 Å². The summed E-state index contributed by atoms with van der Waals surface area (Å²) in [5.74, 6) is 0.0571. The maximum absolute atomic E-state index is 11.9. The zero-order valence-corrected chi connectivity index (χ0v) is 17.5. The molecule has 162 valence electrons. The van der Waals surface area contributed by atoms with E-state index in [2.05, 4.69) is 0 Å². The minimum absolute atomic E-state index is 0.0412. The molecule has 0 unspecified atom stereocenters. The summed E-state index contributed by atoms with van der Waals surface area (Å²) in [5.41, 5.74) is 1.79. The van der Waals surface area contributed by atoms with Crippen molar-refractivity contribution in [2.75, 3.05) is 20.3 Å². The van der Waals surface area contributed by atoms with Crippen LogP contribution in [0.15, 0.2) is 48.5 Å². The van der Waals surface area contributed by atoms with Gasteiger partial charge in [0.1, 0.15) is 5.75 Å². The number of ether oxygens (including phenoxy) is 3. The monoisotopic (exact) mass is 414 g/mol. The Morgan fingerprint density at radius 1 is 0.700 bits per heavy atom. The third-order valence-electron chi connectivity index (χ3n) is 4.70. The van der Waals surface area contributed by atoms with E-state index in [1.165, 1.54) is 0 Å². The first kappa shape index (κ1) is 23.4. The van der Waals surface area contributed by atoms with E-state index < -0.39 is 0 Å². The number of hydrogen-bond acceptors (Lipinski definition) is 6. The minimum Gasteiger partial charge on any atom is -0.497 e. The van der Waals surface area contributed by atoms with Gasteiger partial charge in [0.15, 0.2) is 0 Å². The summed E-state index contributed by atoms with van der Waals surface area (Å²) >= 11 is 0. The molecule has 0 saturated carbocycles. The lowest BCUT2D eigenvalue weighted by molar-refractivity contribution is 0.0484. The third-order valence-corrected chi connectivity index (χ3v) is 4.70. The molecule has 0 aliphatic heterocycles. The predicted octanol–water partition coefficient (Wildman–Crippen LogP) is 4.54. The van der Waals surface area contributed by atoms with Gasteiger partial charge in [0.25, 0.3) is 0 Å². The summed E-state index contributed by atoms with van der Waals surface area (Å²) in [6.45, 7) is 0.776. The lowest BCUT2D eigenvalue weighted by Gasteiger charge is -2.07. The standard InChI is InChI=1S/C24H30O6/c1-28-22-14-12-21(13-15-22)24(27)30-17-7-5-3-2-4-6-16-29-23(26)20-10-8-19(18-25)9-11-20/h8-15,25H,2-7,16-18H2,1H3. The van der Waals surface area contributed by atoms with Crippen LogP contribution in [0.2, 0.25) is 0 Å². The van der Waals surface area contributed by atoms with Crippen molar-refractivity contribution in [1.29, 1.82) is 0 Å². The highest BCUT2D eigenvalue weighted by Gasteiger charge is 2.07. The molecule has 0 radical (unpaired) electrons. The van der Waals surface area contributed by atoms with E-state index in [0.717, 1.165) is 44.1 Å². The zero-order chi connectivity index (χ0) is 21.6. The van der Waals surface area contributed by atoms with Gasteiger partial charge < -0.3 is 19.3 Å². The van der Waals surface area contributed by atoms with Crippen molar-refractivity contribution in [3.05, 3.63) is 65.2 Å². The number of carbonyl (C=O) groups excluding carboxylic acids is 2. The summed E-state index contributed by atoms with van der Waals surface area (Å²) < 4.78 is 15.6. The van der Waals surface area contributed by atoms with E-state index >= 15 is 0 Å². The Balaban J connectivity index is 1.46. The van der Waals surface area contributed by atoms with Crippen LogP contribution >= 0.6 is 0 Å². The topological polar surface area (TPSA) is 82.1 Å². The van der Waals surface area contributed by atoms with E-state index in [-0.39, 0.29) is 18.5 Å². The second kappa shape index (κ2) is 13.4. The molecule has 30 heavy (non-hydrogen) atoms. The number of unbranched alkanes of at least 4 members (excludes halogenated alkanes) is 5. The minimum atomic E-state index is -0.335. The van der Waals surface area contributed by atoms with Crippen LogP contribution in [-0.4, -0.2) is 37.4 Å². The van der Waals surface area contributed by atoms with Gasteiger partial charge in [-0.05, 0) is 54.8 Å². The van der Waals surface area contributed by atoms with Gasteiger partial charge in [0, 0.05) is 0 Å². The molecule has 2 rings (SSSR count). The van der Waals surface area contributed by atoms with E-state index in [4.69, 9.17) is 19.3 Å². The van der Waals surface area contributed by atoms with E-state index in [1.54, 1.807) is 55.6 Å². The van der Waals surface area contributed by atoms with Crippen molar-refractivity contribution >= 4 is 11.9 Å². The Morgan fingerprint density at radius 2 is 1.13 bits per heavy atom. The first-order valence-electron chi connectivity index (χ1n) is 10.3. The molecule has 0 aliphatic carbocycles. The molecule has 0 bridgehead atoms. The number of rotatable bonds is 13. The quantitative estimate of drug-likeness (QED) is 0.383. The lowest BCUT2D eigenvalue weighted by atomic mass is 10.1. The maximum atomic E-state index is 11.9. The van der Waals surface area contributed by atoms with Crippen molar-refractivity contribution in [3.63, 3.8) is 0 Å². The summed E-state index contributed by atoms with van der Waals surface area (Å²) in [4.78, 5) is 23.8. The molecule has 0 heterocycles. The normalized spacial score (nSPS) is 10.5. The molecule has 1 N–H and O–H groups in total. The van der Waals surface area contributed by atoms with Crippen LogP contribution in [0.1, 0.15) is 64.8 Å². The average molecular weight is 414 g/mol. The Labute approximate surface area is 177 Å².